The number of thiophene rings is 1. The second-order valence-electron chi connectivity index (χ2n) is 2.33. The summed E-state index contributed by atoms with van der Waals surface area (Å²) in [5, 5.41) is 8.84. The lowest BCUT2D eigenvalue weighted by atomic mass is 10.2. The molecule has 0 bridgehead atoms. The SMILES string of the molecule is CCc1cc(C)c(CO)s1. The molecule has 0 unspecified atom stereocenters. The average Bonchev–Trinajstić information content (AvgIpc) is 2.30. The zero-order chi connectivity index (χ0) is 7.56. The molecule has 1 rings (SSSR count). The van der Waals surface area contributed by atoms with Gasteiger partial charge in [-0.15, -0.1) is 11.3 Å². The third kappa shape index (κ3) is 1.39. The molecule has 0 fully saturated rings. The molecule has 1 heterocycles. The summed E-state index contributed by atoms with van der Waals surface area (Å²) in [7, 11) is 0. The molecular weight excluding hydrogens is 144 g/mol. The van der Waals surface area contributed by atoms with Crippen molar-refractivity contribution in [1.29, 1.82) is 0 Å². The largest absolute Gasteiger partial charge is 0.391 e. The van der Waals surface area contributed by atoms with Gasteiger partial charge in [-0.2, -0.15) is 0 Å². The van der Waals surface area contributed by atoms with E-state index in [4.69, 9.17) is 5.11 Å². The van der Waals surface area contributed by atoms with Gasteiger partial charge in [-0.1, -0.05) is 6.92 Å². The lowest BCUT2D eigenvalue weighted by molar-refractivity contribution is 0.285. The summed E-state index contributed by atoms with van der Waals surface area (Å²) in [6.45, 7) is 4.37. The van der Waals surface area contributed by atoms with Crippen LogP contribution in [0, 0.1) is 6.92 Å². The fraction of sp³-hybridized carbons (Fsp3) is 0.500. The highest BCUT2D eigenvalue weighted by Crippen LogP contribution is 2.21. The Hall–Kier alpha value is -0.340. The van der Waals surface area contributed by atoms with Crippen molar-refractivity contribution in [3.8, 4) is 0 Å². The molecule has 0 spiro atoms. The minimum atomic E-state index is 0.191. The van der Waals surface area contributed by atoms with E-state index in [9.17, 15) is 0 Å². The smallest absolute Gasteiger partial charge is 0.0777 e. The minimum absolute atomic E-state index is 0.191. The Morgan fingerprint density at radius 3 is 2.60 bits per heavy atom. The Labute approximate surface area is 65.3 Å². The first-order valence-electron chi connectivity index (χ1n) is 3.47. The highest BCUT2D eigenvalue weighted by Gasteiger charge is 2.01. The van der Waals surface area contributed by atoms with E-state index in [1.807, 2.05) is 6.92 Å². The number of hydrogen-bond acceptors (Lipinski definition) is 2. The van der Waals surface area contributed by atoms with Gasteiger partial charge in [0.1, 0.15) is 0 Å². The van der Waals surface area contributed by atoms with Crippen molar-refractivity contribution in [3.05, 3.63) is 21.4 Å². The highest BCUT2D eigenvalue weighted by molar-refractivity contribution is 7.12. The van der Waals surface area contributed by atoms with Crippen molar-refractivity contribution in [2.24, 2.45) is 0 Å². The molecule has 1 aromatic heterocycles. The predicted molar refractivity (Wildman–Crippen MR) is 44.4 cm³/mol. The Morgan fingerprint density at radius 1 is 1.60 bits per heavy atom. The standard InChI is InChI=1S/C8H12OS/c1-3-7-4-6(2)8(5-9)10-7/h4,9H,3,5H2,1-2H3. The van der Waals surface area contributed by atoms with Crippen LogP contribution in [-0.4, -0.2) is 5.11 Å². The first-order chi connectivity index (χ1) is 4.77. The van der Waals surface area contributed by atoms with E-state index in [0.717, 1.165) is 11.3 Å². The van der Waals surface area contributed by atoms with Crippen LogP contribution in [0.4, 0.5) is 0 Å². The molecule has 1 aromatic rings. The van der Waals surface area contributed by atoms with Crippen molar-refractivity contribution in [3.63, 3.8) is 0 Å². The summed E-state index contributed by atoms with van der Waals surface area (Å²) >= 11 is 1.71. The number of aliphatic hydroxyl groups is 1. The van der Waals surface area contributed by atoms with Gasteiger partial charge in [0.2, 0.25) is 0 Å². The number of aliphatic hydroxyl groups excluding tert-OH is 1. The summed E-state index contributed by atoms with van der Waals surface area (Å²) in [6.07, 6.45) is 1.07. The summed E-state index contributed by atoms with van der Waals surface area (Å²) in [5.74, 6) is 0. The Bertz CT molecular complexity index is 215. The molecule has 2 heteroatoms. The maximum absolute atomic E-state index is 8.84. The van der Waals surface area contributed by atoms with Gasteiger partial charge in [0, 0.05) is 9.75 Å². The molecule has 0 amide bonds. The van der Waals surface area contributed by atoms with Crippen LogP contribution in [0.15, 0.2) is 6.07 Å². The molecule has 0 aliphatic carbocycles. The van der Waals surface area contributed by atoms with Gasteiger partial charge in [0.25, 0.3) is 0 Å². The molecule has 0 aliphatic heterocycles. The molecular formula is C8H12OS. The molecule has 10 heavy (non-hydrogen) atoms. The Balaban J connectivity index is 2.92. The monoisotopic (exact) mass is 156 g/mol. The van der Waals surface area contributed by atoms with Gasteiger partial charge in [-0.25, -0.2) is 0 Å². The van der Waals surface area contributed by atoms with E-state index < -0.39 is 0 Å². The van der Waals surface area contributed by atoms with E-state index in [0.29, 0.717) is 0 Å². The van der Waals surface area contributed by atoms with Crippen molar-refractivity contribution in [1.82, 2.24) is 0 Å². The first kappa shape index (κ1) is 7.76. The van der Waals surface area contributed by atoms with Crippen LogP contribution in [0.2, 0.25) is 0 Å². The van der Waals surface area contributed by atoms with Gasteiger partial charge in [0.15, 0.2) is 0 Å². The molecule has 1 nitrogen and oxygen atoms in total. The van der Waals surface area contributed by atoms with Crippen molar-refractivity contribution in [2.75, 3.05) is 0 Å². The normalized spacial score (nSPS) is 10.3. The maximum atomic E-state index is 8.84. The second-order valence-corrected chi connectivity index (χ2v) is 3.55. The second kappa shape index (κ2) is 3.17. The van der Waals surface area contributed by atoms with Crippen LogP contribution in [0.3, 0.4) is 0 Å². The summed E-state index contributed by atoms with van der Waals surface area (Å²) < 4.78 is 0. The van der Waals surface area contributed by atoms with Gasteiger partial charge in [-0.3, -0.25) is 0 Å². The number of aryl methyl sites for hydroxylation is 2. The lowest BCUT2D eigenvalue weighted by Crippen LogP contribution is -1.76. The average molecular weight is 156 g/mol. The minimum Gasteiger partial charge on any atom is -0.391 e. The van der Waals surface area contributed by atoms with Crippen LogP contribution < -0.4 is 0 Å². The zero-order valence-corrected chi connectivity index (χ0v) is 7.16. The molecule has 0 radical (unpaired) electrons. The summed E-state index contributed by atoms with van der Waals surface area (Å²) in [5.41, 5.74) is 1.23. The number of rotatable bonds is 2. The van der Waals surface area contributed by atoms with Gasteiger partial charge >= 0.3 is 0 Å². The summed E-state index contributed by atoms with van der Waals surface area (Å²) in [6, 6.07) is 2.15. The van der Waals surface area contributed by atoms with E-state index in [-0.39, 0.29) is 6.61 Å². The molecule has 0 aliphatic rings. The van der Waals surface area contributed by atoms with Gasteiger partial charge in [-0.05, 0) is 25.0 Å². The highest BCUT2D eigenvalue weighted by atomic mass is 32.1. The topological polar surface area (TPSA) is 20.2 Å². The quantitative estimate of drug-likeness (QED) is 0.695. The van der Waals surface area contributed by atoms with Crippen LogP contribution in [0.25, 0.3) is 0 Å². The lowest BCUT2D eigenvalue weighted by Gasteiger charge is -1.87. The van der Waals surface area contributed by atoms with Crippen LogP contribution >= 0.6 is 11.3 Å². The van der Waals surface area contributed by atoms with Crippen molar-refractivity contribution < 1.29 is 5.11 Å². The molecule has 0 saturated carbocycles. The van der Waals surface area contributed by atoms with Crippen molar-refractivity contribution >= 4 is 11.3 Å². The van der Waals surface area contributed by atoms with E-state index in [2.05, 4.69) is 13.0 Å². The predicted octanol–water partition coefficient (Wildman–Crippen LogP) is 2.11. The van der Waals surface area contributed by atoms with E-state index in [1.165, 1.54) is 10.4 Å². The fourth-order valence-corrected chi connectivity index (χ4v) is 1.90. The molecule has 0 atom stereocenters. The fourth-order valence-electron chi connectivity index (χ4n) is 0.921. The first-order valence-corrected chi connectivity index (χ1v) is 4.28. The Kier molecular flexibility index (Phi) is 2.46. The molecule has 56 valence electrons. The third-order valence-electron chi connectivity index (χ3n) is 1.56. The van der Waals surface area contributed by atoms with Crippen molar-refractivity contribution in [2.45, 2.75) is 26.9 Å². The van der Waals surface area contributed by atoms with Crippen LogP contribution in [-0.2, 0) is 13.0 Å². The molecule has 0 aromatic carbocycles. The molecule has 0 saturated heterocycles. The van der Waals surface area contributed by atoms with Gasteiger partial charge in [0.05, 0.1) is 6.61 Å². The van der Waals surface area contributed by atoms with Gasteiger partial charge < -0.3 is 5.11 Å². The molecule has 1 N–H and O–H groups in total. The Morgan fingerprint density at radius 2 is 2.30 bits per heavy atom. The summed E-state index contributed by atoms with van der Waals surface area (Å²) in [4.78, 5) is 2.47. The van der Waals surface area contributed by atoms with Crippen LogP contribution in [0.5, 0.6) is 0 Å². The third-order valence-corrected chi connectivity index (χ3v) is 2.93. The zero-order valence-electron chi connectivity index (χ0n) is 6.35. The van der Waals surface area contributed by atoms with E-state index >= 15 is 0 Å². The van der Waals surface area contributed by atoms with Crippen LogP contribution in [0.1, 0.15) is 22.2 Å². The maximum Gasteiger partial charge on any atom is 0.0777 e. The van der Waals surface area contributed by atoms with E-state index in [1.54, 1.807) is 11.3 Å². The number of hydrogen-bond donors (Lipinski definition) is 1.